The van der Waals surface area contributed by atoms with Crippen LogP contribution in [0.4, 0.5) is 0 Å². The first-order valence-electron chi connectivity index (χ1n) is 7.05. The molecular formula is C13H27N3. The van der Waals surface area contributed by atoms with E-state index in [0.717, 1.165) is 12.1 Å². The third-order valence-corrected chi connectivity index (χ3v) is 4.35. The Balaban J connectivity index is 1.79. The van der Waals surface area contributed by atoms with Gasteiger partial charge in [-0.1, -0.05) is 20.3 Å². The number of hydrogen-bond acceptors (Lipinski definition) is 3. The largest absolute Gasteiger partial charge is 0.311 e. The van der Waals surface area contributed by atoms with Crippen LogP contribution in [0.5, 0.6) is 0 Å². The standard InChI is InChI=1S/C13H27N3/c1-3-15(4-2)10-11-16-9-8-14-12-6-5-7-13(12)16/h12-14H,3-11H2,1-2H3/t12-,13+/m0/s1. The van der Waals surface area contributed by atoms with Crippen LogP contribution in [0.2, 0.25) is 0 Å². The summed E-state index contributed by atoms with van der Waals surface area (Å²) in [6.07, 6.45) is 4.23. The quantitative estimate of drug-likeness (QED) is 0.757. The Morgan fingerprint density at radius 1 is 1.25 bits per heavy atom. The lowest BCUT2D eigenvalue weighted by Gasteiger charge is -2.39. The number of hydrogen-bond donors (Lipinski definition) is 1. The van der Waals surface area contributed by atoms with Crippen molar-refractivity contribution < 1.29 is 0 Å². The van der Waals surface area contributed by atoms with Gasteiger partial charge in [-0.25, -0.2) is 0 Å². The molecule has 0 amide bonds. The van der Waals surface area contributed by atoms with E-state index in [0.29, 0.717) is 0 Å². The van der Waals surface area contributed by atoms with Crippen molar-refractivity contribution in [2.75, 3.05) is 39.3 Å². The van der Waals surface area contributed by atoms with E-state index in [1.807, 2.05) is 0 Å². The molecule has 0 bridgehead atoms. The first kappa shape index (κ1) is 12.3. The number of rotatable bonds is 5. The van der Waals surface area contributed by atoms with Crippen molar-refractivity contribution in [3.05, 3.63) is 0 Å². The number of nitrogens with zero attached hydrogens (tertiary/aromatic N) is 2. The van der Waals surface area contributed by atoms with Crippen molar-refractivity contribution in [1.29, 1.82) is 0 Å². The second-order valence-corrected chi connectivity index (χ2v) is 5.12. The molecule has 2 aliphatic rings. The molecule has 1 heterocycles. The molecule has 2 fully saturated rings. The molecule has 1 saturated heterocycles. The zero-order chi connectivity index (χ0) is 11.4. The van der Waals surface area contributed by atoms with Gasteiger partial charge in [-0.3, -0.25) is 4.90 Å². The third-order valence-electron chi connectivity index (χ3n) is 4.35. The third kappa shape index (κ3) is 2.76. The first-order valence-corrected chi connectivity index (χ1v) is 7.05. The minimum Gasteiger partial charge on any atom is -0.311 e. The Bertz CT molecular complexity index is 203. The van der Waals surface area contributed by atoms with Gasteiger partial charge in [0.15, 0.2) is 0 Å². The predicted molar refractivity (Wildman–Crippen MR) is 68.8 cm³/mol. The van der Waals surface area contributed by atoms with E-state index in [4.69, 9.17) is 0 Å². The van der Waals surface area contributed by atoms with E-state index in [1.165, 1.54) is 58.5 Å². The Morgan fingerprint density at radius 3 is 2.81 bits per heavy atom. The second-order valence-electron chi connectivity index (χ2n) is 5.12. The van der Waals surface area contributed by atoms with Gasteiger partial charge >= 0.3 is 0 Å². The smallest absolute Gasteiger partial charge is 0.0250 e. The van der Waals surface area contributed by atoms with Gasteiger partial charge in [0.05, 0.1) is 0 Å². The summed E-state index contributed by atoms with van der Waals surface area (Å²) in [7, 11) is 0. The van der Waals surface area contributed by atoms with Crippen LogP contribution >= 0.6 is 0 Å². The normalized spacial score (nSPS) is 30.9. The molecule has 0 spiro atoms. The van der Waals surface area contributed by atoms with Gasteiger partial charge in [-0.2, -0.15) is 0 Å². The summed E-state index contributed by atoms with van der Waals surface area (Å²) < 4.78 is 0. The van der Waals surface area contributed by atoms with Gasteiger partial charge in [0.25, 0.3) is 0 Å². The van der Waals surface area contributed by atoms with E-state index in [1.54, 1.807) is 0 Å². The first-order chi connectivity index (χ1) is 7.85. The molecule has 0 radical (unpaired) electrons. The summed E-state index contributed by atoms with van der Waals surface area (Å²) in [5.41, 5.74) is 0. The van der Waals surface area contributed by atoms with Crippen LogP contribution in [0.3, 0.4) is 0 Å². The van der Waals surface area contributed by atoms with Gasteiger partial charge in [0.1, 0.15) is 0 Å². The molecule has 94 valence electrons. The molecule has 16 heavy (non-hydrogen) atoms. The van der Waals surface area contributed by atoms with Crippen molar-refractivity contribution >= 4 is 0 Å². The fourth-order valence-electron chi connectivity index (χ4n) is 3.26. The maximum atomic E-state index is 3.67. The molecule has 2 rings (SSSR count). The molecule has 1 N–H and O–H groups in total. The summed E-state index contributed by atoms with van der Waals surface area (Å²) in [6, 6.07) is 1.63. The fraction of sp³-hybridized carbons (Fsp3) is 1.00. The van der Waals surface area contributed by atoms with Gasteiger partial charge < -0.3 is 10.2 Å². The SMILES string of the molecule is CCN(CC)CCN1CCN[C@H]2CCC[C@H]21. The highest BCUT2D eigenvalue weighted by Crippen LogP contribution is 2.26. The van der Waals surface area contributed by atoms with Gasteiger partial charge in [0.2, 0.25) is 0 Å². The zero-order valence-corrected chi connectivity index (χ0v) is 10.9. The molecule has 0 unspecified atom stereocenters. The molecule has 0 aromatic heterocycles. The topological polar surface area (TPSA) is 18.5 Å². The summed E-state index contributed by atoms with van der Waals surface area (Å²) >= 11 is 0. The van der Waals surface area contributed by atoms with Crippen LogP contribution in [0.1, 0.15) is 33.1 Å². The maximum absolute atomic E-state index is 3.67. The van der Waals surface area contributed by atoms with Crippen LogP contribution in [-0.4, -0.2) is 61.2 Å². The number of piperazine rings is 1. The molecule has 1 aliphatic heterocycles. The van der Waals surface area contributed by atoms with Crippen molar-refractivity contribution in [2.24, 2.45) is 0 Å². The Labute approximate surface area is 100 Å². The zero-order valence-electron chi connectivity index (χ0n) is 10.9. The molecule has 3 heteroatoms. The summed E-state index contributed by atoms with van der Waals surface area (Å²) in [4.78, 5) is 5.26. The average molecular weight is 225 g/mol. The number of nitrogens with one attached hydrogen (secondary N) is 1. The predicted octanol–water partition coefficient (Wildman–Crippen LogP) is 1.15. The van der Waals surface area contributed by atoms with E-state index < -0.39 is 0 Å². The van der Waals surface area contributed by atoms with Crippen LogP contribution in [-0.2, 0) is 0 Å². The lowest BCUT2D eigenvalue weighted by Crippen LogP contribution is -2.56. The Morgan fingerprint density at radius 2 is 2.06 bits per heavy atom. The summed E-state index contributed by atoms with van der Waals surface area (Å²) in [5.74, 6) is 0. The van der Waals surface area contributed by atoms with Gasteiger partial charge in [-0.15, -0.1) is 0 Å². The molecular weight excluding hydrogens is 198 g/mol. The van der Waals surface area contributed by atoms with E-state index in [9.17, 15) is 0 Å². The van der Waals surface area contributed by atoms with Gasteiger partial charge in [-0.05, 0) is 25.9 Å². The van der Waals surface area contributed by atoms with E-state index in [-0.39, 0.29) is 0 Å². The molecule has 0 aromatic rings. The van der Waals surface area contributed by atoms with E-state index >= 15 is 0 Å². The van der Waals surface area contributed by atoms with Crippen molar-refractivity contribution in [1.82, 2.24) is 15.1 Å². The minimum absolute atomic E-state index is 0.797. The van der Waals surface area contributed by atoms with Crippen LogP contribution in [0.15, 0.2) is 0 Å². The summed E-state index contributed by atoms with van der Waals surface area (Å²) in [5, 5.41) is 3.67. The highest BCUT2D eigenvalue weighted by atomic mass is 15.3. The fourth-order valence-corrected chi connectivity index (χ4v) is 3.26. The molecule has 1 aliphatic carbocycles. The minimum atomic E-state index is 0.797. The van der Waals surface area contributed by atoms with Crippen LogP contribution in [0, 0.1) is 0 Å². The molecule has 0 aromatic carbocycles. The van der Waals surface area contributed by atoms with Crippen molar-refractivity contribution in [3.8, 4) is 0 Å². The lowest BCUT2D eigenvalue weighted by molar-refractivity contribution is 0.119. The number of likely N-dealkylation sites (N-methyl/N-ethyl adjacent to an activating group) is 1. The van der Waals surface area contributed by atoms with Crippen LogP contribution < -0.4 is 5.32 Å². The highest BCUT2D eigenvalue weighted by molar-refractivity contribution is 4.94. The Kier molecular flexibility index (Phi) is 4.62. The van der Waals surface area contributed by atoms with Crippen LogP contribution in [0.25, 0.3) is 0 Å². The van der Waals surface area contributed by atoms with E-state index in [2.05, 4.69) is 29.0 Å². The number of fused-ring (bicyclic) bond motifs is 1. The maximum Gasteiger partial charge on any atom is 0.0250 e. The second kappa shape index (κ2) is 5.99. The average Bonchev–Trinajstić information content (AvgIpc) is 2.79. The summed E-state index contributed by atoms with van der Waals surface area (Å²) in [6.45, 7) is 11.9. The van der Waals surface area contributed by atoms with Gasteiger partial charge in [0, 0.05) is 38.3 Å². The molecule has 1 saturated carbocycles. The monoisotopic (exact) mass is 225 g/mol. The highest BCUT2D eigenvalue weighted by Gasteiger charge is 2.34. The van der Waals surface area contributed by atoms with Crippen molar-refractivity contribution in [3.63, 3.8) is 0 Å². The Hall–Kier alpha value is -0.120. The molecule has 3 nitrogen and oxygen atoms in total. The van der Waals surface area contributed by atoms with Crippen molar-refractivity contribution in [2.45, 2.75) is 45.2 Å². The molecule has 2 atom stereocenters. The lowest BCUT2D eigenvalue weighted by atomic mass is 10.1.